The van der Waals surface area contributed by atoms with Crippen molar-refractivity contribution < 1.29 is 19.4 Å². The summed E-state index contributed by atoms with van der Waals surface area (Å²) in [5.74, 6) is 0.232. The molecule has 28 heavy (non-hydrogen) atoms. The minimum Gasteiger partial charge on any atom is -0.388 e. The first-order valence-corrected chi connectivity index (χ1v) is 9.34. The molecular weight excluding hydrogens is 358 g/mol. The average molecular weight is 383 g/mol. The molecule has 1 saturated heterocycles. The number of nitrogens with zero attached hydrogens (tertiary/aromatic N) is 3. The number of aliphatic hydroxyl groups excluding tert-OH is 1. The van der Waals surface area contributed by atoms with Crippen molar-refractivity contribution in [3.05, 3.63) is 59.8 Å². The van der Waals surface area contributed by atoms with Crippen molar-refractivity contribution in [2.45, 2.75) is 32.6 Å². The second kappa shape index (κ2) is 8.95. The number of hydrogen-bond donors (Lipinski definition) is 1. The Balaban J connectivity index is 1.83. The maximum absolute atomic E-state index is 13.3. The summed E-state index contributed by atoms with van der Waals surface area (Å²) in [6.07, 6.45) is 1.60. The molecule has 2 amide bonds. The number of hydrogen-bond acceptors (Lipinski definition) is 5. The normalized spacial score (nSPS) is 19.3. The van der Waals surface area contributed by atoms with Crippen LogP contribution in [0.1, 0.15) is 29.8 Å². The first-order valence-electron chi connectivity index (χ1n) is 9.34. The SMILES string of the molecule is CC1CN(C(=O)N(Cc2ccc(C(=O)CO)cc2)c2ccccn2)CC(C)O1. The zero-order valence-electron chi connectivity index (χ0n) is 16.1. The van der Waals surface area contributed by atoms with Gasteiger partial charge in [-0.3, -0.25) is 9.69 Å². The summed E-state index contributed by atoms with van der Waals surface area (Å²) in [6, 6.07) is 12.2. The third-order valence-electron chi connectivity index (χ3n) is 4.61. The first kappa shape index (κ1) is 20.0. The van der Waals surface area contributed by atoms with Gasteiger partial charge in [-0.15, -0.1) is 0 Å². The molecule has 1 aliphatic heterocycles. The molecule has 1 aliphatic rings. The molecule has 1 N–H and O–H groups in total. The molecule has 2 unspecified atom stereocenters. The number of carbonyl (C=O) groups excluding carboxylic acids is 2. The van der Waals surface area contributed by atoms with E-state index in [4.69, 9.17) is 9.84 Å². The molecule has 0 spiro atoms. The van der Waals surface area contributed by atoms with Gasteiger partial charge in [0.2, 0.25) is 0 Å². The van der Waals surface area contributed by atoms with Crippen molar-refractivity contribution in [1.29, 1.82) is 0 Å². The number of amides is 2. The molecule has 0 aliphatic carbocycles. The topological polar surface area (TPSA) is 83.0 Å². The van der Waals surface area contributed by atoms with Crippen LogP contribution in [0.25, 0.3) is 0 Å². The van der Waals surface area contributed by atoms with Crippen LogP contribution in [0.4, 0.5) is 10.6 Å². The highest BCUT2D eigenvalue weighted by Gasteiger charge is 2.30. The smallest absolute Gasteiger partial charge is 0.326 e. The Kier molecular flexibility index (Phi) is 6.38. The van der Waals surface area contributed by atoms with E-state index in [0.29, 0.717) is 31.0 Å². The zero-order valence-corrected chi connectivity index (χ0v) is 16.1. The summed E-state index contributed by atoms with van der Waals surface area (Å²) in [6.45, 7) is 4.76. The van der Waals surface area contributed by atoms with Crippen LogP contribution in [-0.2, 0) is 11.3 Å². The number of benzene rings is 1. The standard InChI is InChI=1S/C21H25N3O4/c1-15-11-23(12-16(2)28-15)21(27)24(20-5-3-4-10-22-20)13-17-6-8-18(9-7-17)19(26)14-25/h3-10,15-16,25H,11-14H2,1-2H3. The summed E-state index contributed by atoms with van der Waals surface area (Å²) in [5, 5.41) is 8.99. The molecule has 3 rings (SSSR count). The van der Waals surface area contributed by atoms with Crippen LogP contribution in [-0.4, -0.2) is 58.7 Å². The number of carbonyl (C=O) groups is 2. The van der Waals surface area contributed by atoms with Crippen molar-refractivity contribution in [3.8, 4) is 0 Å². The van der Waals surface area contributed by atoms with Gasteiger partial charge in [0.15, 0.2) is 5.78 Å². The molecule has 7 heteroatoms. The van der Waals surface area contributed by atoms with E-state index in [0.717, 1.165) is 5.56 Å². The van der Waals surface area contributed by atoms with E-state index < -0.39 is 6.61 Å². The molecular formula is C21H25N3O4. The molecule has 2 heterocycles. The highest BCUT2D eigenvalue weighted by molar-refractivity contribution is 5.97. The monoisotopic (exact) mass is 383 g/mol. The lowest BCUT2D eigenvalue weighted by atomic mass is 10.1. The maximum atomic E-state index is 13.3. The van der Waals surface area contributed by atoms with E-state index >= 15 is 0 Å². The van der Waals surface area contributed by atoms with Gasteiger partial charge in [-0.05, 0) is 31.5 Å². The molecule has 1 fully saturated rings. The molecule has 1 aromatic carbocycles. The molecule has 148 valence electrons. The minimum atomic E-state index is -0.523. The van der Waals surface area contributed by atoms with Crippen molar-refractivity contribution in [3.63, 3.8) is 0 Å². The Morgan fingerprint density at radius 1 is 1.14 bits per heavy atom. The van der Waals surface area contributed by atoms with Gasteiger partial charge in [0.05, 0.1) is 18.8 Å². The lowest BCUT2D eigenvalue weighted by Gasteiger charge is -2.38. The van der Waals surface area contributed by atoms with Crippen molar-refractivity contribution in [2.24, 2.45) is 0 Å². The lowest BCUT2D eigenvalue weighted by molar-refractivity contribution is -0.0538. The fourth-order valence-corrected chi connectivity index (χ4v) is 3.33. The van der Waals surface area contributed by atoms with Crippen LogP contribution in [0.2, 0.25) is 0 Å². The van der Waals surface area contributed by atoms with Crippen LogP contribution in [0.3, 0.4) is 0 Å². The number of aromatic nitrogens is 1. The number of ether oxygens (including phenoxy) is 1. The summed E-state index contributed by atoms with van der Waals surface area (Å²) in [7, 11) is 0. The molecule has 2 atom stereocenters. The van der Waals surface area contributed by atoms with E-state index in [1.165, 1.54) is 0 Å². The fraction of sp³-hybridized carbons (Fsp3) is 0.381. The summed E-state index contributed by atoms with van der Waals surface area (Å²) in [4.78, 5) is 32.7. The predicted octanol–water partition coefficient (Wildman–Crippen LogP) is 2.49. The van der Waals surface area contributed by atoms with Crippen LogP contribution >= 0.6 is 0 Å². The maximum Gasteiger partial charge on any atom is 0.326 e. The summed E-state index contributed by atoms with van der Waals surface area (Å²) >= 11 is 0. The van der Waals surface area contributed by atoms with E-state index in [2.05, 4.69) is 4.98 Å². The van der Waals surface area contributed by atoms with Gasteiger partial charge in [-0.1, -0.05) is 30.3 Å². The van der Waals surface area contributed by atoms with Crippen LogP contribution in [0.5, 0.6) is 0 Å². The molecule has 0 saturated carbocycles. The van der Waals surface area contributed by atoms with E-state index in [-0.39, 0.29) is 24.0 Å². The van der Waals surface area contributed by atoms with Gasteiger partial charge in [-0.25, -0.2) is 9.78 Å². The van der Waals surface area contributed by atoms with Gasteiger partial charge in [0.1, 0.15) is 12.4 Å². The zero-order chi connectivity index (χ0) is 20.1. The minimum absolute atomic E-state index is 0.0259. The van der Waals surface area contributed by atoms with Crippen LogP contribution in [0.15, 0.2) is 48.7 Å². The van der Waals surface area contributed by atoms with Gasteiger partial charge >= 0.3 is 6.03 Å². The van der Waals surface area contributed by atoms with Crippen LogP contribution in [0, 0.1) is 0 Å². The third kappa shape index (κ3) is 4.74. The highest BCUT2D eigenvalue weighted by Crippen LogP contribution is 2.20. The molecule has 1 aromatic heterocycles. The summed E-state index contributed by atoms with van der Waals surface area (Å²) < 4.78 is 5.74. The number of Topliss-reactive ketones (excluding diaryl/α,β-unsaturated/α-hetero) is 1. The quantitative estimate of drug-likeness (QED) is 0.802. The third-order valence-corrected chi connectivity index (χ3v) is 4.61. The number of urea groups is 1. The Hall–Kier alpha value is -2.77. The fourth-order valence-electron chi connectivity index (χ4n) is 3.33. The van der Waals surface area contributed by atoms with Gasteiger partial charge in [-0.2, -0.15) is 0 Å². The number of morpholine rings is 1. The number of pyridine rings is 1. The largest absolute Gasteiger partial charge is 0.388 e. The van der Waals surface area contributed by atoms with E-state index in [9.17, 15) is 9.59 Å². The van der Waals surface area contributed by atoms with Gasteiger partial charge < -0.3 is 14.7 Å². The second-order valence-electron chi connectivity index (χ2n) is 7.00. The van der Waals surface area contributed by atoms with Crippen molar-refractivity contribution in [1.82, 2.24) is 9.88 Å². The van der Waals surface area contributed by atoms with E-state index in [1.807, 2.05) is 19.9 Å². The van der Waals surface area contributed by atoms with Gasteiger partial charge in [0, 0.05) is 24.8 Å². The average Bonchev–Trinajstić information content (AvgIpc) is 2.71. The second-order valence-corrected chi connectivity index (χ2v) is 7.00. The molecule has 0 radical (unpaired) electrons. The number of ketones is 1. The lowest BCUT2D eigenvalue weighted by Crippen LogP contribution is -2.53. The van der Waals surface area contributed by atoms with Gasteiger partial charge in [0.25, 0.3) is 0 Å². The Morgan fingerprint density at radius 2 is 1.82 bits per heavy atom. The predicted molar refractivity (Wildman–Crippen MR) is 105 cm³/mol. The molecule has 2 aromatic rings. The number of anilines is 1. The molecule has 7 nitrogen and oxygen atoms in total. The molecule has 0 bridgehead atoms. The number of rotatable bonds is 5. The highest BCUT2D eigenvalue weighted by atomic mass is 16.5. The first-order chi connectivity index (χ1) is 13.5. The van der Waals surface area contributed by atoms with Crippen molar-refractivity contribution >= 4 is 17.6 Å². The van der Waals surface area contributed by atoms with E-state index in [1.54, 1.807) is 52.4 Å². The van der Waals surface area contributed by atoms with Crippen molar-refractivity contribution in [2.75, 3.05) is 24.6 Å². The Bertz CT molecular complexity index is 800. The number of aliphatic hydroxyl groups is 1. The Morgan fingerprint density at radius 3 is 2.39 bits per heavy atom. The summed E-state index contributed by atoms with van der Waals surface area (Å²) in [5.41, 5.74) is 1.31. The Labute approximate surface area is 164 Å². The van der Waals surface area contributed by atoms with Crippen LogP contribution < -0.4 is 4.90 Å².